The lowest BCUT2D eigenvalue weighted by atomic mass is 9.90. The number of thiazole rings is 2. The molecule has 116 valence electrons. The highest BCUT2D eigenvalue weighted by Crippen LogP contribution is 2.39. The number of hydrogen-bond donors (Lipinski definition) is 1. The molecule has 1 unspecified atom stereocenters. The Kier molecular flexibility index (Phi) is 3.92. The normalized spacial score (nSPS) is 14.2. The van der Waals surface area contributed by atoms with Crippen molar-refractivity contribution < 1.29 is 9.52 Å². The Morgan fingerprint density at radius 2 is 2.00 bits per heavy atom. The molecule has 0 saturated carbocycles. The molecule has 0 saturated heterocycles. The lowest BCUT2D eigenvalue weighted by Gasteiger charge is -2.25. The monoisotopic (exact) mass is 334 g/mol. The van der Waals surface area contributed by atoms with E-state index < -0.39 is 5.60 Å². The van der Waals surface area contributed by atoms with Gasteiger partial charge >= 0.3 is 0 Å². The van der Waals surface area contributed by atoms with Crippen LogP contribution in [0, 0.1) is 27.7 Å². The number of rotatable bonds is 4. The Bertz CT molecular complexity index is 803. The van der Waals surface area contributed by atoms with Crippen LogP contribution in [-0.4, -0.2) is 15.1 Å². The molecule has 0 aliphatic heterocycles. The van der Waals surface area contributed by atoms with Crippen LogP contribution >= 0.6 is 22.7 Å². The largest absolute Gasteiger partial charge is 0.466 e. The molecule has 1 atom stereocenters. The van der Waals surface area contributed by atoms with E-state index in [0.717, 1.165) is 33.3 Å². The molecule has 0 fully saturated rings. The number of hydrogen-bond acceptors (Lipinski definition) is 6. The molecule has 0 bridgehead atoms. The summed E-state index contributed by atoms with van der Waals surface area (Å²) in [5.74, 6) is 1.52. The van der Waals surface area contributed by atoms with Gasteiger partial charge in [0.05, 0.1) is 11.2 Å². The van der Waals surface area contributed by atoms with Crippen LogP contribution < -0.4 is 0 Å². The lowest BCUT2D eigenvalue weighted by molar-refractivity contribution is 0.0797. The summed E-state index contributed by atoms with van der Waals surface area (Å²) in [5.41, 5.74) is 3.28. The zero-order valence-electron chi connectivity index (χ0n) is 13.0. The predicted octanol–water partition coefficient (Wildman–Crippen LogP) is 3.90. The molecule has 3 heterocycles. The van der Waals surface area contributed by atoms with Crippen LogP contribution in [0.2, 0.25) is 0 Å². The molecular formula is C16H18N2O2S2. The highest BCUT2D eigenvalue weighted by molar-refractivity contribution is 7.10. The van der Waals surface area contributed by atoms with Crippen LogP contribution in [-0.2, 0) is 12.0 Å². The minimum atomic E-state index is -1.18. The van der Waals surface area contributed by atoms with Crippen molar-refractivity contribution in [1.29, 1.82) is 0 Å². The number of aryl methyl sites for hydroxylation is 4. The molecular weight excluding hydrogens is 316 g/mol. The zero-order chi connectivity index (χ0) is 15.9. The minimum absolute atomic E-state index is 0.455. The third-order valence-electron chi connectivity index (χ3n) is 3.72. The summed E-state index contributed by atoms with van der Waals surface area (Å²) in [6.07, 6.45) is 0.455. The first-order valence-corrected chi connectivity index (χ1v) is 8.77. The minimum Gasteiger partial charge on any atom is -0.466 e. The first-order valence-electron chi connectivity index (χ1n) is 7.01. The smallest absolute Gasteiger partial charge is 0.149 e. The number of aliphatic hydroxyl groups is 1. The molecule has 1 N–H and O–H groups in total. The fourth-order valence-electron chi connectivity index (χ4n) is 2.60. The molecule has 0 aliphatic carbocycles. The van der Waals surface area contributed by atoms with Gasteiger partial charge in [-0.25, -0.2) is 9.97 Å². The van der Waals surface area contributed by atoms with Gasteiger partial charge in [-0.05, 0) is 33.8 Å². The number of aromatic nitrogens is 2. The van der Waals surface area contributed by atoms with E-state index in [1.807, 2.05) is 44.7 Å². The SMILES string of the molecule is Cc1csc(C(O)(Cc2scnc2C)c2cc(C)oc2C)n1. The second-order valence-corrected chi connectivity index (χ2v) is 7.32. The van der Waals surface area contributed by atoms with Crippen LogP contribution in [0.5, 0.6) is 0 Å². The Morgan fingerprint density at radius 3 is 2.50 bits per heavy atom. The fourth-order valence-corrected chi connectivity index (χ4v) is 4.36. The Morgan fingerprint density at radius 1 is 1.23 bits per heavy atom. The standard InChI is InChI=1S/C16H18N2O2S2/c1-9-7-21-15(18-9)16(19,6-14-11(3)17-8-22-14)13-5-10(2)20-12(13)4/h5,7-8,19H,6H2,1-4H3. The predicted molar refractivity (Wildman–Crippen MR) is 88.6 cm³/mol. The van der Waals surface area contributed by atoms with Crippen molar-refractivity contribution in [2.45, 2.75) is 39.7 Å². The van der Waals surface area contributed by atoms with Crippen LogP contribution in [0.3, 0.4) is 0 Å². The van der Waals surface area contributed by atoms with Gasteiger partial charge in [-0.2, -0.15) is 0 Å². The molecule has 0 spiro atoms. The maximum Gasteiger partial charge on any atom is 0.149 e. The van der Waals surface area contributed by atoms with Crippen molar-refractivity contribution >= 4 is 22.7 Å². The third-order valence-corrected chi connectivity index (χ3v) is 5.77. The fraction of sp³-hybridized carbons (Fsp3) is 0.375. The van der Waals surface area contributed by atoms with Crippen molar-refractivity contribution in [1.82, 2.24) is 9.97 Å². The van der Waals surface area contributed by atoms with Crippen LogP contribution in [0.4, 0.5) is 0 Å². The van der Waals surface area contributed by atoms with E-state index in [1.54, 1.807) is 11.3 Å². The molecule has 4 nitrogen and oxygen atoms in total. The van der Waals surface area contributed by atoms with Gasteiger partial charge < -0.3 is 9.52 Å². The maximum atomic E-state index is 11.5. The Labute approximate surface area is 137 Å². The maximum absolute atomic E-state index is 11.5. The van der Waals surface area contributed by atoms with Gasteiger partial charge in [-0.15, -0.1) is 22.7 Å². The van der Waals surface area contributed by atoms with Gasteiger partial charge in [0.1, 0.15) is 22.1 Å². The Hall–Kier alpha value is -1.50. The van der Waals surface area contributed by atoms with Crippen LogP contribution in [0.15, 0.2) is 21.4 Å². The van der Waals surface area contributed by atoms with E-state index >= 15 is 0 Å². The first-order chi connectivity index (χ1) is 10.4. The van der Waals surface area contributed by atoms with Crippen molar-refractivity contribution in [3.63, 3.8) is 0 Å². The van der Waals surface area contributed by atoms with Crippen LogP contribution in [0.25, 0.3) is 0 Å². The first kappa shape index (κ1) is 15.4. The van der Waals surface area contributed by atoms with E-state index in [4.69, 9.17) is 4.42 Å². The van der Waals surface area contributed by atoms with Gasteiger partial charge in [0.25, 0.3) is 0 Å². The van der Waals surface area contributed by atoms with E-state index in [2.05, 4.69) is 9.97 Å². The van der Waals surface area contributed by atoms with Crippen molar-refractivity contribution in [2.75, 3.05) is 0 Å². The Balaban J connectivity index is 2.13. The molecule has 22 heavy (non-hydrogen) atoms. The molecule has 0 aliphatic rings. The van der Waals surface area contributed by atoms with Gasteiger partial charge in [-0.1, -0.05) is 0 Å². The van der Waals surface area contributed by atoms with Crippen molar-refractivity contribution in [2.24, 2.45) is 0 Å². The number of furan rings is 1. The quantitative estimate of drug-likeness (QED) is 0.786. The number of nitrogens with zero attached hydrogens (tertiary/aromatic N) is 2. The summed E-state index contributed by atoms with van der Waals surface area (Å²) in [5, 5.41) is 14.2. The summed E-state index contributed by atoms with van der Waals surface area (Å²) in [6, 6.07) is 1.91. The van der Waals surface area contributed by atoms with E-state index in [0.29, 0.717) is 11.4 Å². The van der Waals surface area contributed by atoms with Crippen molar-refractivity contribution in [3.8, 4) is 0 Å². The van der Waals surface area contributed by atoms with Crippen LogP contribution in [0.1, 0.15) is 38.4 Å². The van der Waals surface area contributed by atoms with Gasteiger partial charge in [0.15, 0.2) is 0 Å². The second kappa shape index (κ2) is 5.61. The van der Waals surface area contributed by atoms with E-state index in [1.165, 1.54) is 11.3 Å². The second-order valence-electron chi connectivity index (χ2n) is 5.52. The highest BCUT2D eigenvalue weighted by atomic mass is 32.1. The zero-order valence-corrected chi connectivity index (χ0v) is 14.6. The summed E-state index contributed by atoms with van der Waals surface area (Å²) in [7, 11) is 0. The van der Waals surface area contributed by atoms with E-state index in [-0.39, 0.29) is 0 Å². The molecule has 0 amide bonds. The van der Waals surface area contributed by atoms with Gasteiger partial charge in [0.2, 0.25) is 0 Å². The summed E-state index contributed by atoms with van der Waals surface area (Å²) in [4.78, 5) is 9.88. The molecule has 3 aromatic heterocycles. The van der Waals surface area contributed by atoms with Gasteiger partial charge in [-0.3, -0.25) is 0 Å². The molecule has 3 aromatic rings. The van der Waals surface area contributed by atoms with Gasteiger partial charge in [0, 0.05) is 27.9 Å². The summed E-state index contributed by atoms with van der Waals surface area (Å²) in [6.45, 7) is 7.67. The summed E-state index contributed by atoms with van der Waals surface area (Å²) >= 11 is 3.04. The van der Waals surface area contributed by atoms with Crippen molar-refractivity contribution in [3.05, 3.63) is 55.3 Å². The lowest BCUT2D eigenvalue weighted by Crippen LogP contribution is -2.30. The highest BCUT2D eigenvalue weighted by Gasteiger charge is 2.38. The molecule has 0 aromatic carbocycles. The molecule has 6 heteroatoms. The topological polar surface area (TPSA) is 59.2 Å². The summed E-state index contributed by atoms with van der Waals surface area (Å²) < 4.78 is 5.64. The molecule has 3 rings (SSSR count). The van der Waals surface area contributed by atoms with E-state index in [9.17, 15) is 5.11 Å². The average Bonchev–Trinajstić information content (AvgIpc) is 3.13. The third kappa shape index (κ3) is 2.62. The average molecular weight is 334 g/mol. The molecule has 0 radical (unpaired) electrons.